The summed E-state index contributed by atoms with van der Waals surface area (Å²) in [6.07, 6.45) is 0. The van der Waals surface area contributed by atoms with Crippen LogP contribution in [0.1, 0.15) is 22.8 Å². The number of carbonyl (C=O) groups excluding carboxylic acids is 2. The van der Waals surface area contributed by atoms with Gasteiger partial charge in [0, 0.05) is 20.9 Å². The van der Waals surface area contributed by atoms with Gasteiger partial charge in [0.15, 0.2) is 11.0 Å². The van der Waals surface area contributed by atoms with Crippen LogP contribution in [0.15, 0.2) is 46.2 Å². The highest BCUT2D eigenvalue weighted by Crippen LogP contribution is 2.46. The van der Waals surface area contributed by atoms with Gasteiger partial charge in [-0.3, -0.25) is 4.79 Å². The Hall–Kier alpha value is -2.36. The van der Waals surface area contributed by atoms with Crippen LogP contribution in [0.4, 0.5) is 0 Å². The molecule has 2 aromatic rings. The molecule has 1 heterocycles. The summed E-state index contributed by atoms with van der Waals surface area (Å²) in [6.45, 7) is 2.41. The van der Waals surface area contributed by atoms with Gasteiger partial charge < -0.3 is 9.47 Å². The molecule has 0 saturated heterocycles. The Labute approximate surface area is 130 Å². The molecule has 0 spiro atoms. The molecule has 0 N–H and O–H groups in total. The summed E-state index contributed by atoms with van der Waals surface area (Å²) in [5, 5.41) is 2.07. The Morgan fingerprint density at radius 3 is 2.50 bits per heavy atom. The lowest BCUT2D eigenvalue weighted by Crippen LogP contribution is -2.11. The fourth-order valence-electron chi connectivity index (χ4n) is 2.46. The van der Waals surface area contributed by atoms with Crippen molar-refractivity contribution in [2.24, 2.45) is 0 Å². The Bertz CT molecular complexity index is 819. The van der Waals surface area contributed by atoms with Crippen molar-refractivity contribution in [1.82, 2.24) is 0 Å². The van der Waals surface area contributed by atoms with Crippen LogP contribution in [0, 0.1) is 0 Å². The predicted molar refractivity (Wildman–Crippen MR) is 83.9 cm³/mol. The molecule has 1 atom stereocenters. The average molecular weight is 314 g/mol. The van der Waals surface area contributed by atoms with Gasteiger partial charge in [0.2, 0.25) is 0 Å². The van der Waals surface area contributed by atoms with Crippen LogP contribution >= 0.6 is 10.5 Å². The van der Waals surface area contributed by atoms with Gasteiger partial charge in [0.1, 0.15) is 11.5 Å². The van der Waals surface area contributed by atoms with Crippen molar-refractivity contribution in [3.8, 4) is 11.5 Å². The first kappa shape index (κ1) is 14.6. The molecule has 0 aliphatic carbocycles. The van der Waals surface area contributed by atoms with Crippen LogP contribution in [0.5, 0.6) is 11.5 Å². The third-order valence-corrected chi connectivity index (χ3v) is 5.20. The van der Waals surface area contributed by atoms with Crippen molar-refractivity contribution in [1.29, 1.82) is 0 Å². The highest BCUT2D eigenvalue weighted by Gasteiger charge is 2.28. The molecule has 0 amide bonds. The topological polar surface area (TPSA) is 52.6 Å². The van der Waals surface area contributed by atoms with E-state index in [4.69, 9.17) is 9.47 Å². The van der Waals surface area contributed by atoms with Gasteiger partial charge in [-0.05, 0) is 53.8 Å². The van der Waals surface area contributed by atoms with E-state index in [0.717, 1.165) is 0 Å². The molecule has 1 aliphatic rings. The number of ether oxygens (including phenoxy) is 2. The van der Waals surface area contributed by atoms with E-state index in [1.807, 2.05) is 6.92 Å². The number of hydrogen-bond donors (Lipinski definition) is 0. The van der Waals surface area contributed by atoms with Gasteiger partial charge in [0.25, 0.3) is 0 Å². The second-order valence-electron chi connectivity index (χ2n) is 4.67. The van der Waals surface area contributed by atoms with Crippen molar-refractivity contribution in [2.45, 2.75) is 16.7 Å². The summed E-state index contributed by atoms with van der Waals surface area (Å²) in [5.41, 5.74) is 1.03. The van der Waals surface area contributed by atoms with Gasteiger partial charge in [-0.25, -0.2) is 4.79 Å². The SMILES string of the molecule is CCOc1ccc2c(c1)S(=C=O)c1ccc(OC)cc1C2=O. The van der Waals surface area contributed by atoms with E-state index in [1.165, 1.54) is 0 Å². The maximum absolute atomic E-state index is 12.7. The average Bonchev–Trinajstić information content (AvgIpc) is 2.55. The van der Waals surface area contributed by atoms with Gasteiger partial charge in [-0.2, -0.15) is 0 Å². The standard InChI is InChI=1S/C17H14O4S/c1-3-21-12-4-6-13-16(9-12)22(10-18)15-7-5-11(20-2)8-14(15)17(13)19/h4-9H,3H2,1-2H3. The van der Waals surface area contributed by atoms with Crippen LogP contribution in [-0.4, -0.2) is 24.7 Å². The molecule has 3 rings (SSSR count). The molecule has 0 bridgehead atoms. The first-order valence-electron chi connectivity index (χ1n) is 6.81. The minimum Gasteiger partial charge on any atom is -0.497 e. The highest BCUT2D eigenvalue weighted by molar-refractivity contribution is 8.14. The lowest BCUT2D eigenvalue weighted by atomic mass is 10.0. The van der Waals surface area contributed by atoms with E-state index < -0.39 is 10.5 Å². The number of methoxy groups -OCH3 is 1. The van der Waals surface area contributed by atoms with Crippen molar-refractivity contribution in [3.63, 3.8) is 0 Å². The van der Waals surface area contributed by atoms with Crippen molar-refractivity contribution in [3.05, 3.63) is 47.5 Å². The summed E-state index contributed by atoms with van der Waals surface area (Å²) >= 11 is 0. The molecule has 2 aromatic carbocycles. The number of ketones is 1. The normalized spacial score (nSPS) is 15.5. The van der Waals surface area contributed by atoms with Gasteiger partial charge in [-0.15, -0.1) is 0 Å². The molecule has 112 valence electrons. The molecule has 0 fully saturated rings. The third kappa shape index (κ3) is 2.25. The van der Waals surface area contributed by atoms with Crippen molar-refractivity contribution >= 4 is 21.5 Å². The summed E-state index contributed by atoms with van der Waals surface area (Å²) in [5.74, 6) is 1.14. The van der Waals surface area contributed by atoms with E-state index in [0.29, 0.717) is 39.0 Å². The quantitative estimate of drug-likeness (QED) is 0.695. The van der Waals surface area contributed by atoms with E-state index in [-0.39, 0.29) is 5.78 Å². The molecule has 0 radical (unpaired) electrons. The minimum atomic E-state index is -0.908. The molecular weight excluding hydrogens is 300 g/mol. The Balaban J connectivity index is 2.23. The Morgan fingerprint density at radius 1 is 1.05 bits per heavy atom. The number of benzene rings is 2. The lowest BCUT2D eigenvalue weighted by molar-refractivity contribution is 0.103. The molecule has 4 nitrogen and oxygen atoms in total. The number of hydrogen-bond acceptors (Lipinski definition) is 4. The van der Waals surface area contributed by atoms with Crippen molar-refractivity contribution in [2.75, 3.05) is 13.7 Å². The Morgan fingerprint density at radius 2 is 1.82 bits per heavy atom. The Kier molecular flexibility index (Phi) is 3.84. The zero-order chi connectivity index (χ0) is 15.7. The molecule has 1 unspecified atom stereocenters. The first-order chi connectivity index (χ1) is 10.7. The summed E-state index contributed by atoms with van der Waals surface area (Å²) in [4.78, 5) is 25.6. The van der Waals surface area contributed by atoms with Crippen LogP contribution in [-0.2, 0) is 4.79 Å². The van der Waals surface area contributed by atoms with Gasteiger partial charge in [0.05, 0.1) is 13.7 Å². The van der Waals surface area contributed by atoms with Crippen molar-refractivity contribution < 1.29 is 19.1 Å². The first-order valence-corrected chi connectivity index (χ1v) is 8.03. The largest absolute Gasteiger partial charge is 0.497 e. The van der Waals surface area contributed by atoms with E-state index >= 15 is 0 Å². The zero-order valence-electron chi connectivity index (χ0n) is 12.2. The van der Waals surface area contributed by atoms with Gasteiger partial charge >= 0.3 is 0 Å². The van der Waals surface area contributed by atoms with Crippen LogP contribution in [0.2, 0.25) is 0 Å². The molecular formula is C17H14O4S. The van der Waals surface area contributed by atoms with E-state index in [1.54, 1.807) is 43.5 Å². The number of rotatable bonds is 3. The molecule has 1 aliphatic heterocycles. The maximum Gasteiger partial charge on any atom is 0.195 e. The molecule has 0 aromatic heterocycles. The maximum atomic E-state index is 12.7. The predicted octanol–water partition coefficient (Wildman–Crippen LogP) is 3.39. The molecule has 5 heteroatoms. The van der Waals surface area contributed by atoms with Gasteiger partial charge in [-0.1, -0.05) is 0 Å². The lowest BCUT2D eigenvalue weighted by Gasteiger charge is -2.21. The minimum absolute atomic E-state index is 0.106. The van der Waals surface area contributed by atoms with E-state index in [9.17, 15) is 9.59 Å². The molecule has 0 saturated carbocycles. The smallest absolute Gasteiger partial charge is 0.195 e. The third-order valence-electron chi connectivity index (χ3n) is 3.46. The van der Waals surface area contributed by atoms with Crippen LogP contribution in [0.25, 0.3) is 0 Å². The zero-order valence-corrected chi connectivity index (χ0v) is 13.0. The van der Waals surface area contributed by atoms with Crippen LogP contribution < -0.4 is 9.47 Å². The highest BCUT2D eigenvalue weighted by atomic mass is 32.2. The number of carbonyl (C=O) groups is 1. The van der Waals surface area contributed by atoms with E-state index in [2.05, 4.69) is 5.23 Å². The summed E-state index contributed by atoms with van der Waals surface area (Å²) in [7, 11) is 0.636. The fourth-order valence-corrected chi connectivity index (χ4v) is 4.07. The summed E-state index contributed by atoms with van der Waals surface area (Å²) < 4.78 is 10.6. The fraction of sp³-hybridized carbons (Fsp3) is 0.176. The van der Waals surface area contributed by atoms with Crippen LogP contribution in [0.3, 0.4) is 0 Å². The second-order valence-corrected chi connectivity index (χ2v) is 6.33. The summed E-state index contributed by atoms with van der Waals surface area (Å²) in [6, 6.07) is 10.4. The monoisotopic (exact) mass is 314 g/mol. The second kappa shape index (κ2) is 5.79. The molecule has 22 heavy (non-hydrogen) atoms. The number of fused-ring (bicyclic) bond motifs is 2.